The molecule has 3 aromatic carbocycles. The first-order valence-corrected chi connectivity index (χ1v) is 11.8. The zero-order valence-electron chi connectivity index (χ0n) is 17.3. The lowest BCUT2D eigenvalue weighted by Crippen LogP contribution is -2.22. The summed E-state index contributed by atoms with van der Waals surface area (Å²) in [4.78, 5) is 20.2. The van der Waals surface area contributed by atoms with E-state index in [4.69, 9.17) is 4.74 Å². The van der Waals surface area contributed by atoms with Gasteiger partial charge in [0.05, 0.1) is 12.8 Å². The topological polar surface area (TPSA) is 54.1 Å². The van der Waals surface area contributed by atoms with Gasteiger partial charge in [-0.25, -0.2) is 0 Å². The number of rotatable bonds is 5. The number of nitrogens with one attached hydrogen (secondary N) is 2. The third-order valence-corrected chi connectivity index (χ3v) is 8.01. The van der Waals surface area contributed by atoms with Crippen LogP contribution in [-0.4, -0.2) is 24.5 Å². The number of methoxy groups -OCH3 is 1. The van der Waals surface area contributed by atoms with Crippen LogP contribution in [0.1, 0.15) is 12.5 Å². The van der Waals surface area contributed by atoms with E-state index in [0.717, 1.165) is 28.8 Å². The van der Waals surface area contributed by atoms with Gasteiger partial charge < -0.3 is 15.0 Å². The van der Waals surface area contributed by atoms with Crippen molar-refractivity contribution < 1.29 is 9.53 Å². The van der Waals surface area contributed by atoms with Crippen LogP contribution < -0.4 is 10.1 Å². The highest BCUT2D eigenvalue weighted by molar-refractivity contribution is 8.05. The molecule has 1 aliphatic rings. The Labute approximate surface area is 189 Å². The highest BCUT2D eigenvalue weighted by atomic mass is 32.2. The van der Waals surface area contributed by atoms with Gasteiger partial charge in [-0.2, -0.15) is 0 Å². The molecule has 0 bridgehead atoms. The van der Waals surface area contributed by atoms with Crippen molar-refractivity contribution >= 4 is 40.3 Å². The second kappa shape index (κ2) is 8.36. The largest absolute Gasteiger partial charge is 0.497 e. The predicted molar refractivity (Wildman–Crippen MR) is 127 cm³/mol. The van der Waals surface area contributed by atoms with Gasteiger partial charge in [-0.3, -0.25) is 4.79 Å². The highest BCUT2D eigenvalue weighted by Crippen LogP contribution is 2.52. The standard InChI is InChI=1S/C25H22N2O2S2/c1-15(28)26-13-12-17-19-14-16(29-2)10-11-20(19)27-24(17)18-6-5-9-23-25(18)31-22-8-4-3-7-21(22)30-23/h3-11,14,27H,12-13H2,1-2H3,(H,26,28). The van der Waals surface area contributed by atoms with Crippen LogP contribution in [-0.2, 0) is 11.2 Å². The van der Waals surface area contributed by atoms with Crippen LogP contribution in [0.25, 0.3) is 22.2 Å². The fourth-order valence-corrected chi connectivity index (χ4v) is 6.34. The minimum Gasteiger partial charge on any atom is -0.497 e. The summed E-state index contributed by atoms with van der Waals surface area (Å²) >= 11 is 3.64. The van der Waals surface area contributed by atoms with Gasteiger partial charge in [-0.15, -0.1) is 0 Å². The van der Waals surface area contributed by atoms with Gasteiger partial charge in [0.25, 0.3) is 0 Å². The molecular formula is C25H22N2O2S2. The zero-order valence-corrected chi connectivity index (χ0v) is 19.0. The highest BCUT2D eigenvalue weighted by Gasteiger charge is 2.23. The molecule has 0 unspecified atom stereocenters. The van der Waals surface area contributed by atoms with Crippen molar-refractivity contribution in [2.75, 3.05) is 13.7 Å². The van der Waals surface area contributed by atoms with Crippen molar-refractivity contribution in [2.45, 2.75) is 32.9 Å². The van der Waals surface area contributed by atoms with E-state index in [2.05, 4.69) is 64.9 Å². The number of amides is 1. The van der Waals surface area contributed by atoms with Crippen LogP contribution in [0.4, 0.5) is 0 Å². The molecule has 0 saturated heterocycles. The number of H-pyrrole nitrogens is 1. The maximum atomic E-state index is 11.5. The summed E-state index contributed by atoms with van der Waals surface area (Å²) in [6, 6.07) is 21.1. The van der Waals surface area contributed by atoms with Crippen molar-refractivity contribution in [2.24, 2.45) is 0 Å². The molecule has 0 radical (unpaired) electrons. The molecule has 0 atom stereocenters. The molecule has 1 aliphatic heterocycles. The molecule has 4 nitrogen and oxygen atoms in total. The van der Waals surface area contributed by atoms with Crippen LogP contribution >= 0.6 is 23.5 Å². The number of hydrogen-bond acceptors (Lipinski definition) is 4. The molecule has 6 heteroatoms. The molecule has 0 fully saturated rings. The van der Waals surface area contributed by atoms with E-state index >= 15 is 0 Å². The van der Waals surface area contributed by atoms with E-state index in [-0.39, 0.29) is 5.91 Å². The number of aromatic amines is 1. The van der Waals surface area contributed by atoms with Crippen molar-refractivity contribution in [3.63, 3.8) is 0 Å². The smallest absolute Gasteiger partial charge is 0.216 e. The maximum absolute atomic E-state index is 11.5. The third-order valence-electron chi connectivity index (χ3n) is 5.39. The number of carbonyl (C=O) groups excluding carboxylic acids is 1. The zero-order chi connectivity index (χ0) is 21.4. The monoisotopic (exact) mass is 446 g/mol. The summed E-state index contributed by atoms with van der Waals surface area (Å²) in [6.07, 6.45) is 0.736. The van der Waals surface area contributed by atoms with Crippen LogP contribution in [0.2, 0.25) is 0 Å². The Morgan fingerprint density at radius 2 is 1.77 bits per heavy atom. The quantitative estimate of drug-likeness (QED) is 0.341. The molecule has 1 amide bonds. The molecule has 0 saturated carbocycles. The number of fused-ring (bicyclic) bond motifs is 3. The van der Waals surface area contributed by atoms with Gasteiger partial charge in [0, 0.05) is 49.5 Å². The summed E-state index contributed by atoms with van der Waals surface area (Å²) in [5, 5.41) is 4.07. The second-order valence-electron chi connectivity index (χ2n) is 7.41. The number of hydrogen-bond donors (Lipinski definition) is 2. The molecule has 2 heterocycles. The van der Waals surface area contributed by atoms with Crippen LogP contribution in [0.15, 0.2) is 80.2 Å². The van der Waals surface area contributed by atoms with Crippen LogP contribution in [0, 0.1) is 0 Å². The van der Waals surface area contributed by atoms with Crippen LogP contribution in [0.3, 0.4) is 0 Å². The molecule has 2 N–H and O–H groups in total. The minimum atomic E-state index is -0.0142. The number of carbonyl (C=O) groups is 1. The number of benzene rings is 3. The van der Waals surface area contributed by atoms with Gasteiger partial charge in [0.15, 0.2) is 0 Å². The molecule has 4 aromatic rings. The Bertz CT molecular complexity index is 1300. The average molecular weight is 447 g/mol. The Morgan fingerprint density at radius 1 is 1.00 bits per heavy atom. The summed E-state index contributed by atoms with van der Waals surface area (Å²) in [7, 11) is 1.69. The summed E-state index contributed by atoms with van der Waals surface area (Å²) in [6.45, 7) is 2.14. The fourth-order valence-electron chi connectivity index (χ4n) is 3.95. The lowest BCUT2D eigenvalue weighted by atomic mass is 10.0. The SMILES string of the molecule is COc1ccc2[nH]c(-c3cccc4c3Sc3ccccc3S4)c(CCNC(C)=O)c2c1. The molecule has 5 rings (SSSR count). The lowest BCUT2D eigenvalue weighted by Gasteiger charge is -2.21. The van der Waals surface area contributed by atoms with Crippen molar-refractivity contribution in [3.05, 3.63) is 66.2 Å². The maximum Gasteiger partial charge on any atom is 0.216 e. The Balaban J connectivity index is 1.64. The fraction of sp³-hybridized carbons (Fsp3) is 0.160. The summed E-state index contributed by atoms with van der Waals surface area (Å²) in [5.74, 6) is 0.812. The first-order valence-electron chi connectivity index (χ1n) is 10.1. The first-order chi connectivity index (χ1) is 15.1. The average Bonchev–Trinajstić information content (AvgIpc) is 3.14. The third kappa shape index (κ3) is 3.82. The molecule has 0 spiro atoms. The number of ether oxygens (including phenoxy) is 1. The first kappa shape index (κ1) is 20.1. The van der Waals surface area contributed by atoms with E-state index < -0.39 is 0 Å². The molecule has 31 heavy (non-hydrogen) atoms. The normalized spacial score (nSPS) is 12.3. The summed E-state index contributed by atoms with van der Waals surface area (Å²) < 4.78 is 5.47. The van der Waals surface area contributed by atoms with E-state index in [0.29, 0.717) is 6.54 Å². The lowest BCUT2D eigenvalue weighted by molar-refractivity contribution is -0.118. The van der Waals surface area contributed by atoms with Crippen LogP contribution in [0.5, 0.6) is 5.75 Å². The van der Waals surface area contributed by atoms with Crippen molar-refractivity contribution in [1.82, 2.24) is 10.3 Å². The van der Waals surface area contributed by atoms with Crippen molar-refractivity contribution in [3.8, 4) is 17.0 Å². The van der Waals surface area contributed by atoms with E-state index in [1.54, 1.807) is 14.0 Å². The Kier molecular flexibility index (Phi) is 5.42. The van der Waals surface area contributed by atoms with Gasteiger partial charge in [0.2, 0.25) is 5.91 Å². The second-order valence-corrected chi connectivity index (χ2v) is 9.54. The molecule has 1 aromatic heterocycles. The summed E-state index contributed by atoms with van der Waals surface area (Å²) in [5.41, 5.74) is 4.57. The predicted octanol–water partition coefficient (Wildman–Crippen LogP) is 6.14. The number of aromatic nitrogens is 1. The van der Waals surface area contributed by atoms with Gasteiger partial charge in [-0.05, 0) is 48.4 Å². The van der Waals surface area contributed by atoms with Gasteiger partial charge >= 0.3 is 0 Å². The Morgan fingerprint density at radius 3 is 2.55 bits per heavy atom. The van der Waals surface area contributed by atoms with E-state index in [9.17, 15) is 4.79 Å². The van der Waals surface area contributed by atoms with E-state index in [1.807, 2.05) is 29.6 Å². The molecular weight excluding hydrogens is 424 g/mol. The minimum absolute atomic E-state index is 0.0142. The Hall–Kier alpha value is -2.83. The van der Waals surface area contributed by atoms with Gasteiger partial charge in [-0.1, -0.05) is 47.8 Å². The molecule has 156 valence electrons. The van der Waals surface area contributed by atoms with Gasteiger partial charge in [0.1, 0.15) is 5.75 Å². The molecule has 0 aliphatic carbocycles. The van der Waals surface area contributed by atoms with E-state index in [1.165, 1.54) is 30.7 Å². The van der Waals surface area contributed by atoms with Crippen molar-refractivity contribution in [1.29, 1.82) is 0 Å².